The van der Waals surface area contributed by atoms with Gasteiger partial charge in [-0.3, -0.25) is 9.59 Å². The van der Waals surface area contributed by atoms with E-state index in [-0.39, 0.29) is 11.5 Å². The first-order chi connectivity index (χ1) is 8.79. The summed E-state index contributed by atoms with van der Waals surface area (Å²) in [5.41, 5.74) is 2.55. The highest BCUT2D eigenvalue weighted by Gasteiger charge is 1.91. The van der Waals surface area contributed by atoms with Gasteiger partial charge in [-0.1, -0.05) is 60.7 Å². The van der Waals surface area contributed by atoms with Gasteiger partial charge in [-0.15, -0.1) is 0 Å². The molecule has 0 amide bonds. The Morgan fingerprint density at radius 3 is 1.06 bits per heavy atom. The van der Waals surface area contributed by atoms with Gasteiger partial charge in [-0.2, -0.15) is 0 Å². The molecule has 0 aliphatic carbocycles. The molecule has 0 saturated carbocycles. The van der Waals surface area contributed by atoms with Crippen LogP contribution in [0.4, 0.5) is 0 Å². The number of hydrogen-bond donors (Lipinski definition) is 0. The van der Waals surface area contributed by atoms with E-state index in [1.54, 1.807) is 0 Å². The van der Waals surface area contributed by atoms with Crippen molar-refractivity contribution in [2.75, 3.05) is 0 Å². The minimum atomic E-state index is 0.222. The van der Waals surface area contributed by atoms with Crippen LogP contribution in [-0.4, -0.2) is 11.5 Å². The molecule has 4 heteroatoms. The third-order valence-corrected chi connectivity index (χ3v) is 1.88. The van der Waals surface area contributed by atoms with Crippen LogP contribution >= 0.6 is 23.2 Å². The van der Waals surface area contributed by atoms with E-state index >= 15 is 0 Å². The summed E-state index contributed by atoms with van der Waals surface area (Å²) in [5, 5.41) is 0. The lowest BCUT2D eigenvalue weighted by Gasteiger charge is -1.98. The zero-order chi connectivity index (χ0) is 13.6. The summed E-state index contributed by atoms with van der Waals surface area (Å²) < 4.78 is 0. The average molecular weight is 283 g/mol. The summed E-state index contributed by atoms with van der Waals surface area (Å²) in [4.78, 5) is 17.1. The molecule has 2 rings (SSSR count). The van der Waals surface area contributed by atoms with Crippen molar-refractivity contribution in [2.24, 2.45) is 0 Å². The van der Waals surface area contributed by atoms with Crippen LogP contribution in [0, 0.1) is 0 Å². The Morgan fingerprint density at radius 1 is 0.611 bits per heavy atom. The Balaban J connectivity index is 0.000000414. The van der Waals surface area contributed by atoms with E-state index < -0.39 is 0 Å². The van der Waals surface area contributed by atoms with Crippen molar-refractivity contribution in [3.8, 4) is 11.1 Å². The topological polar surface area (TPSA) is 34.1 Å². The van der Waals surface area contributed by atoms with E-state index in [0.717, 1.165) is 0 Å². The summed E-state index contributed by atoms with van der Waals surface area (Å²) in [7, 11) is 0. The fourth-order valence-electron chi connectivity index (χ4n) is 1.26. The van der Waals surface area contributed by atoms with Gasteiger partial charge in [-0.05, 0) is 34.3 Å². The highest BCUT2D eigenvalue weighted by Crippen LogP contribution is 2.17. The maximum absolute atomic E-state index is 8.57. The second-order valence-electron chi connectivity index (χ2n) is 2.91. The van der Waals surface area contributed by atoms with E-state index in [9.17, 15) is 0 Å². The molecule has 2 aromatic rings. The van der Waals surface area contributed by atoms with Crippen molar-refractivity contribution < 1.29 is 9.59 Å². The lowest BCUT2D eigenvalue weighted by atomic mass is 10.1. The number of rotatable bonds is 1. The van der Waals surface area contributed by atoms with Gasteiger partial charge in [0.05, 0.1) is 0 Å². The Morgan fingerprint density at radius 2 is 0.833 bits per heavy atom. The van der Waals surface area contributed by atoms with Gasteiger partial charge in [0.25, 0.3) is 0 Å². The molecule has 0 aliphatic heterocycles. The van der Waals surface area contributed by atoms with Gasteiger partial charge in [-0.25, -0.2) is 0 Å². The van der Waals surface area contributed by atoms with Crippen LogP contribution in [0.25, 0.3) is 11.1 Å². The van der Waals surface area contributed by atoms with Crippen molar-refractivity contribution in [3.63, 3.8) is 0 Å². The largest absolute Gasteiger partial charge is 0.285 e. The molecule has 0 N–H and O–H groups in total. The predicted octanol–water partition coefficient (Wildman–Crippen LogP) is 4.18. The van der Waals surface area contributed by atoms with Crippen LogP contribution in [0.2, 0.25) is 0 Å². The molecule has 0 unspecified atom stereocenters. The van der Waals surface area contributed by atoms with Crippen LogP contribution in [0.3, 0.4) is 0 Å². The van der Waals surface area contributed by atoms with Gasteiger partial charge in [0.2, 0.25) is 11.5 Å². The Kier molecular flexibility index (Phi) is 10.8. The van der Waals surface area contributed by atoms with E-state index in [1.807, 2.05) is 12.1 Å². The van der Waals surface area contributed by atoms with Crippen LogP contribution in [0.5, 0.6) is 0 Å². The highest BCUT2D eigenvalue weighted by molar-refractivity contribution is 6.54. The maximum atomic E-state index is 8.57. The summed E-state index contributed by atoms with van der Waals surface area (Å²) in [5.74, 6) is 0.444. The molecule has 0 spiro atoms. The molecular weight excluding hydrogens is 271 g/mol. The maximum Gasteiger partial charge on any atom is 0.208 e. The molecule has 0 bridgehead atoms. The van der Waals surface area contributed by atoms with E-state index in [2.05, 4.69) is 71.7 Å². The molecule has 0 radical (unpaired) electrons. The molecular formula is C14H12Cl2O2. The Hall–Kier alpha value is -1.64. The molecule has 2 aromatic carbocycles. The zero-order valence-electron chi connectivity index (χ0n) is 9.50. The fourth-order valence-corrected chi connectivity index (χ4v) is 1.26. The highest BCUT2D eigenvalue weighted by atomic mass is 35.5. The molecule has 0 atom stereocenters. The molecule has 18 heavy (non-hydrogen) atoms. The first-order valence-corrected chi connectivity index (χ1v) is 5.85. The third-order valence-electron chi connectivity index (χ3n) is 1.88. The van der Waals surface area contributed by atoms with Crippen LogP contribution in [0.15, 0.2) is 60.7 Å². The SMILES string of the molecule is O=CCl.O=CCl.c1ccc(-c2ccccc2)cc1. The van der Waals surface area contributed by atoms with Gasteiger partial charge in [0, 0.05) is 0 Å². The minimum absolute atomic E-state index is 0.222. The van der Waals surface area contributed by atoms with Crippen molar-refractivity contribution in [3.05, 3.63) is 60.7 Å². The quantitative estimate of drug-likeness (QED) is 0.581. The molecule has 0 fully saturated rings. The molecule has 0 aliphatic rings. The van der Waals surface area contributed by atoms with E-state index in [1.165, 1.54) is 11.1 Å². The van der Waals surface area contributed by atoms with E-state index in [4.69, 9.17) is 9.59 Å². The van der Waals surface area contributed by atoms with Gasteiger partial charge >= 0.3 is 0 Å². The first kappa shape index (κ1) is 16.4. The molecule has 2 nitrogen and oxygen atoms in total. The second kappa shape index (κ2) is 11.8. The third kappa shape index (κ3) is 7.60. The number of benzene rings is 2. The van der Waals surface area contributed by atoms with E-state index in [0.29, 0.717) is 0 Å². The number of carbonyl (C=O) groups is 2. The van der Waals surface area contributed by atoms with Gasteiger partial charge in [0.1, 0.15) is 0 Å². The summed E-state index contributed by atoms with van der Waals surface area (Å²) in [6.45, 7) is 0. The first-order valence-electron chi connectivity index (χ1n) is 4.98. The summed E-state index contributed by atoms with van der Waals surface area (Å²) in [6, 6.07) is 20.8. The number of halogens is 2. The molecule has 0 aromatic heterocycles. The van der Waals surface area contributed by atoms with Crippen molar-refractivity contribution >= 4 is 34.7 Å². The van der Waals surface area contributed by atoms with Gasteiger partial charge in [0.15, 0.2) is 0 Å². The molecule has 0 saturated heterocycles. The van der Waals surface area contributed by atoms with Crippen LogP contribution in [0.1, 0.15) is 0 Å². The lowest BCUT2D eigenvalue weighted by molar-refractivity contribution is 0.568. The summed E-state index contributed by atoms with van der Waals surface area (Å²) >= 11 is 8.64. The fraction of sp³-hybridized carbons (Fsp3) is 0. The molecule has 0 heterocycles. The summed E-state index contributed by atoms with van der Waals surface area (Å²) in [6.07, 6.45) is 0. The Labute approximate surface area is 116 Å². The Bertz CT molecular complexity index is 387. The van der Waals surface area contributed by atoms with Crippen molar-refractivity contribution in [1.82, 2.24) is 0 Å². The van der Waals surface area contributed by atoms with Crippen LogP contribution < -0.4 is 0 Å². The second-order valence-corrected chi connectivity index (χ2v) is 3.27. The van der Waals surface area contributed by atoms with Crippen LogP contribution in [-0.2, 0) is 9.59 Å². The zero-order valence-corrected chi connectivity index (χ0v) is 11.0. The van der Waals surface area contributed by atoms with Gasteiger partial charge < -0.3 is 0 Å². The monoisotopic (exact) mass is 282 g/mol. The average Bonchev–Trinajstić information content (AvgIpc) is 2.43. The smallest absolute Gasteiger partial charge is 0.208 e. The number of hydrogen-bond acceptors (Lipinski definition) is 2. The lowest BCUT2D eigenvalue weighted by Crippen LogP contribution is -1.73. The predicted molar refractivity (Wildman–Crippen MR) is 77.1 cm³/mol. The minimum Gasteiger partial charge on any atom is -0.285 e. The van der Waals surface area contributed by atoms with Crippen molar-refractivity contribution in [1.29, 1.82) is 0 Å². The normalized spacial score (nSPS) is 7.89. The molecule has 94 valence electrons. The standard InChI is InChI=1S/C12H10.2CHClO/c1-3-7-11(8-4-1)12-9-5-2-6-10-12;2*2-1-3/h1-10H;2*1H. The van der Waals surface area contributed by atoms with Crippen molar-refractivity contribution in [2.45, 2.75) is 0 Å². The number of carbonyl (C=O) groups excluding carboxylic acids is 2.